The molecule has 1 amide bonds. The van der Waals surface area contributed by atoms with Crippen LogP contribution in [0.25, 0.3) is 10.9 Å². The van der Waals surface area contributed by atoms with Crippen molar-refractivity contribution in [1.29, 1.82) is 0 Å². The lowest BCUT2D eigenvalue weighted by molar-refractivity contribution is 0.0939. The van der Waals surface area contributed by atoms with Crippen LogP contribution in [0.15, 0.2) is 48.5 Å². The van der Waals surface area contributed by atoms with Crippen molar-refractivity contribution in [2.24, 2.45) is 0 Å². The fraction of sp³-hybridized carbons (Fsp3) is 0.200. The highest BCUT2D eigenvalue weighted by molar-refractivity contribution is 6.33. The standard InChI is InChI=1S/C20H19ClN2O2/c1-12-7-6-8-14-11-16(19(21)23-18(12)14)20(24)22-13(2)15-9-4-5-10-17(15)25-3/h4-11,13H,1-3H3,(H,22,24)/t13-/m1/s1. The number of halogens is 1. The highest BCUT2D eigenvalue weighted by Crippen LogP contribution is 2.26. The number of rotatable bonds is 4. The molecule has 128 valence electrons. The van der Waals surface area contributed by atoms with E-state index in [2.05, 4.69) is 10.3 Å². The Morgan fingerprint density at radius 2 is 1.96 bits per heavy atom. The van der Waals surface area contributed by atoms with E-state index < -0.39 is 0 Å². The number of methoxy groups -OCH3 is 1. The summed E-state index contributed by atoms with van der Waals surface area (Å²) < 4.78 is 5.36. The lowest BCUT2D eigenvalue weighted by atomic mass is 10.1. The van der Waals surface area contributed by atoms with Crippen molar-refractivity contribution in [1.82, 2.24) is 10.3 Å². The molecular formula is C20H19ClN2O2. The average molecular weight is 355 g/mol. The number of para-hydroxylation sites is 2. The lowest BCUT2D eigenvalue weighted by Crippen LogP contribution is -2.27. The summed E-state index contributed by atoms with van der Waals surface area (Å²) >= 11 is 6.26. The minimum Gasteiger partial charge on any atom is -0.496 e. The zero-order valence-corrected chi connectivity index (χ0v) is 15.1. The number of pyridine rings is 1. The Morgan fingerprint density at radius 3 is 2.72 bits per heavy atom. The van der Waals surface area contributed by atoms with Gasteiger partial charge in [0.15, 0.2) is 0 Å². The molecular weight excluding hydrogens is 336 g/mol. The van der Waals surface area contributed by atoms with Crippen LogP contribution in [0.3, 0.4) is 0 Å². The van der Waals surface area contributed by atoms with Crippen molar-refractivity contribution in [2.45, 2.75) is 19.9 Å². The second-order valence-corrected chi connectivity index (χ2v) is 6.27. The van der Waals surface area contributed by atoms with E-state index in [1.807, 2.05) is 56.3 Å². The summed E-state index contributed by atoms with van der Waals surface area (Å²) in [6.45, 7) is 3.87. The van der Waals surface area contributed by atoms with Gasteiger partial charge >= 0.3 is 0 Å². The Bertz CT molecular complexity index is 940. The van der Waals surface area contributed by atoms with Crippen LogP contribution in [0.5, 0.6) is 5.75 Å². The molecule has 3 aromatic rings. The molecule has 2 aromatic carbocycles. The van der Waals surface area contributed by atoms with Crippen molar-refractivity contribution in [2.75, 3.05) is 7.11 Å². The quantitative estimate of drug-likeness (QED) is 0.691. The van der Waals surface area contributed by atoms with Crippen LogP contribution in [-0.4, -0.2) is 18.0 Å². The van der Waals surface area contributed by atoms with Gasteiger partial charge in [0.25, 0.3) is 5.91 Å². The van der Waals surface area contributed by atoms with Crippen LogP contribution in [0.2, 0.25) is 5.15 Å². The van der Waals surface area contributed by atoms with Gasteiger partial charge in [0.05, 0.1) is 24.2 Å². The molecule has 0 radical (unpaired) electrons. The fourth-order valence-corrected chi connectivity index (χ4v) is 3.08. The molecule has 0 bridgehead atoms. The van der Waals surface area contributed by atoms with Crippen LogP contribution < -0.4 is 10.1 Å². The molecule has 1 heterocycles. The maximum atomic E-state index is 12.7. The fourth-order valence-electron chi connectivity index (χ4n) is 2.86. The van der Waals surface area contributed by atoms with E-state index in [1.54, 1.807) is 13.2 Å². The number of ether oxygens (including phenoxy) is 1. The molecule has 1 aromatic heterocycles. The molecule has 0 aliphatic carbocycles. The number of hydrogen-bond donors (Lipinski definition) is 1. The Morgan fingerprint density at radius 1 is 1.20 bits per heavy atom. The van der Waals surface area contributed by atoms with Crippen LogP contribution in [0.4, 0.5) is 0 Å². The monoisotopic (exact) mass is 354 g/mol. The number of aryl methyl sites for hydroxylation is 1. The van der Waals surface area contributed by atoms with Gasteiger partial charge in [-0.1, -0.05) is 48.0 Å². The van der Waals surface area contributed by atoms with Gasteiger partial charge in [0, 0.05) is 10.9 Å². The molecule has 4 nitrogen and oxygen atoms in total. The third-order valence-electron chi connectivity index (χ3n) is 4.20. The van der Waals surface area contributed by atoms with Crippen LogP contribution in [0.1, 0.15) is 34.5 Å². The lowest BCUT2D eigenvalue weighted by Gasteiger charge is -2.17. The summed E-state index contributed by atoms with van der Waals surface area (Å²) in [7, 11) is 1.61. The molecule has 0 aliphatic heterocycles. The summed E-state index contributed by atoms with van der Waals surface area (Å²) in [5.74, 6) is 0.466. The maximum absolute atomic E-state index is 12.7. The highest BCUT2D eigenvalue weighted by Gasteiger charge is 2.18. The second kappa shape index (κ2) is 7.11. The van der Waals surface area contributed by atoms with E-state index in [0.29, 0.717) is 5.56 Å². The van der Waals surface area contributed by atoms with Crippen LogP contribution >= 0.6 is 11.6 Å². The number of carbonyl (C=O) groups is 1. The number of fused-ring (bicyclic) bond motifs is 1. The molecule has 5 heteroatoms. The molecule has 25 heavy (non-hydrogen) atoms. The Labute approximate surface area is 151 Å². The van der Waals surface area contributed by atoms with Crippen molar-refractivity contribution >= 4 is 28.4 Å². The molecule has 0 saturated heterocycles. The largest absolute Gasteiger partial charge is 0.496 e. The van der Waals surface area contributed by atoms with Crippen molar-refractivity contribution in [3.63, 3.8) is 0 Å². The number of nitrogens with zero attached hydrogens (tertiary/aromatic N) is 1. The average Bonchev–Trinajstić information content (AvgIpc) is 2.61. The summed E-state index contributed by atoms with van der Waals surface area (Å²) in [6.07, 6.45) is 0. The molecule has 0 unspecified atom stereocenters. The second-order valence-electron chi connectivity index (χ2n) is 5.91. The zero-order chi connectivity index (χ0) is 18.0. The van der Waals surface area contributed by atoms with E-state index in [1.165, 1.54) is 0 Å². The summed E-state index contributed by atoms with van der Waals surface area (Å²) in [6, 6.07) is 15.0. The first-order chi connectivity index (χ1) is 12.0. The Balaban J connectivity index is 1.91. The number of nitrogens with one attached hydrogen (secondary N) is 1. The van der Waals surface area contributed by atoms with Gasteiger partial charge in [-0.3, -0.25) is 4.79 Å². The summed E-state index contributed by atoms with van der Waals surface area (Å²) in [5.41, 5.74) is 3.09. The smallest absolute Gasteiger partial charge is 0.254 e. The van der Waals surface area contributed by atoms with Gasteiger partial charge in [0.1, 0.15) is 10.9 Å². The normalized spacial score (nSPS) is 12.0. The van der Waals surface area contributed by atoms with Gasteiger partial charge in [-0.2, -0.15) is 0 Å². The maximum Gasteiger partial charge on any atom is 0.254 e. The number of carbonyl (C=O) groups excluding carboxylic acids is 1. The Hall–Kier alpha value is -2.59. The molecule has 3 rings (SSSR count). The van der Waals surface area contributed by atoms with E-state index in [-0.39, 0.29) is 17.1 Å². The predicted octanol–water partition coefficient (Wildman–Crippen LogP) is 4.70. The molecule has 0 saturated carbocycles. The van der Waals surface area contributed by atoms with E-state index in [0.717, 1.165) is 27.8 Å². The number of amides is 1. The van der Waals surface area contributed by atoms with Crippen molar-refractivity contribution in [3.8, 4) is 5.75 Å². The SMILES string of the molecule is COc1ccccc1[C@@H](C)NC(=O)c1cc2cccc(C)c2nc1Cl. The van der Waals surface area contributed by atoms with Crippen LogP contribution in [0, 0.1) is 6.92 Å². The number of hydrogen-bond acceptors (Lipinski definition) is 3. The van der Waals surface area contributed by atoms with Gasteiger partial charge in [-0.15, -0.1) is 0 Å². The minimum atomic E-state index is -0.265. The third kappa shape index (κ3) is 3.44. The van der Waals surface area contributed by atoms with E-state index >= 15 is 0 Å². The topological polar surface area (TPSA) is 51.2 Å². The Kier molecular flexibility index (Phi) is 4.91. The predicted molar refractivity (Wildman–Crippen MR) is 100 cm³/mol. The molecule has 0 aliphatic rings. The highest BCUT2D eigenvalue weighted by atomic mass is 35.5. The van der Waals surface area contributed by atoms with Crippen molar-refractivity contribution in [3.05, 3.63) is 70.4 Å². The minimum absolute atomic E-state index is 0.200. The summed E-state index contributed by atoms with van der Waals surface area (Å²) in [5, 5.41) is 4.05. The van der Waals surface area contributed by atoms with Crippen molar-refractivity contribution < 1.29 is 9.53 Å². The van der Waals surface area contributed by atoms with Crippen LogP contribution in [-0.2, 0) is 0 Å². The molecule has 0 fully saturated rings. The zero-order valence-electron chi connectivity index (χ0n) is 14.3. The molecule has 1 N–H and O–H groups in total. The number of benzene rings is 2. The van der Waals surface area contributed by atoms with E-state index in [4.69, 9.17) is 16.3 Å². The first-order valence-electron chi connectivity index (χ1n) is 8.01. The van der Waals surface area contributed by atoms with E-state index in [9.17, 15) is 4.79 Å². The molecule has 0 spiro atoms. The van der Waals surface area contributed by atoms with Gasteiger partial charge in [-0.25, -0.2) is 4.98 Å². The van der Waals surface area contributed by atoms with Gasteiger partial charge in [-0.05, 0) is 31.5 Å². The van der Waals surface area contributed by atoms with Gasteiger partial charge < -0.3 is 10.1 Å². The first kappa shape index (κ1) is 17.2. The molecule has 1 atom stereocenters. The first-order valence-corrected chi connectivity index (χ1v) is 8.38. The summed E-state index contributed by atoms with van der Waals surface area (Å²) in [4.78, 5) is 17.1. The number of aromatic nitrogens is 1. The third-order valence-corrected chi connectivity index (χ3v) is 4.49. The van der Waals surface area contributed by atoms with Gasteiger partial charge in [0.2, 0.25) is 0 Å².